The molecule has 0 spiro atoms. The van der Waals surface area contributed by atoms with Crippen molar-refractivity contribution in [2.45, 2.75) is 11.1 Å². The van der Waals surface area contributed by atoms with Crippen molar-refractivity contribution in [2.24, 2.45) is 0 Å². The fraction of sp³-hybridized carbons (Fsp3) is 0.250. The molecule has 90 valence electrons. The van der Waals surface area contributed by atoms with Crippen LogP contribution >= 0.6 is 26.6 Å². The highest BCUT2D eigenvalue weighted by molar-refractivity contribution is 9.10. The van der Waals surface area contributed by atoms with Gasteiger partial charge in [-0.15, -0.1) is 0 Å². The summed E-state index contributed by atoms with van der Waals surface area (Å²) in [6.45, 7) is 0. The van der Waals surface area contributed by atoms with Gasteiger partial charge in [0.2, 0.25) is 0 Å². The van der Waals surface area contributed by atoms with Crippen LogP contribution in [-0.4, -0.2) is 11.3 Å². The van der Waals surface area contributed by atoms with Crippen molar-refractivity contribution >= 4 is 36.6 Å². The number of benzene rings is 1. The number of rotatable bonds is 2. The van der Waals surface area contributed by atoms with Crippen molar-refractivity contribution in [3.63, 3.8) is 0 Å². The molecule has 0 aliphatic rings. The summed E-state index contributed by atoms with van der Waals surface area (Å²) < 4.78 is 53.2. The van der Waals surface area contributed by atoms with Crippen LogP contribution < -0.4 is 4.74 Å². The molecule has 1 atom stereocenters. The van der Waals surface area contributed by atoms with E-state index in [2.05, 4.69) is 20.7 Å². The van der Waals surface area contributed by atoms with Gasteiger partial charge in [-0.25, -0.2) is 4.21 Å². The second-order valence-electron chi connectivity index (χ2n) is 2.70. The highest BCUT2D eigenvalue weighted by Gasteiger charge is 2.35. The van der Waals surface area contributed by atoms with Gasteiger partial charge in [0.15, 0.2) is 0 Å². The number of hydrogen-bond acceptors (Lipinski definition) is 2. The molecule has 0 saturated heterocycles. The lowest BCUT2D eigenvalue weighted by Gasteiger charge is -2.13. The lowest BCUT2D eigenvalue weighted by Crippen LogP contribution is -2.08. The summed E-state index contributed by atoms with van der Waals surface area (Å²) in [5.41, 5.74) is -0.951. The molecule has 0 amide bonds. The Balaban J connectivity index is 3.44. The first kappa shape index (κ1) is 13.8. The molecule has 0 aliphatic heterocycles. The smallest absolute Gasteiger partial charge is 0.420 e. The Hall–Kier alpha value is -0.270. The van der Waals surface area contributed by atoms with Gasteiger partial charge in [0.05, 0.1) is 17.6 Å². The Morgan fingerprint density at radius 1 is 1.44 bits per heavy atom. The minimum atomic E-state index is -4.54. The summed E-state index contributed by atoms with van der Waals surface area (Å²) in [5.74, 6) is -0.417. The van der Waals surface area contributed by atoms with Gasteiger partial charge in [-0.2, -0.15) is 13.2 Å². The normalized spacial score (nSPS) is 13.6. The molecule has 1 unspecified atom stereocenters. The fourth-order valence-corrected chi connectivity index (χ4v) is 2.91. The number of alkyl halides is 3. The molecule has 0 bridgehead atoms. The molecule has 0 aromatic heterocycles. The topological polar surface area (TPSA) is 26.3 Å². The van der Waals surface area contributed by atoms with Crippen molar-refractivity contribution in [1.82, 2.24) is 0 Å². The van der Waals surface area contributed by atoms with Crippen molar-refractivity contribution in [3.8, 4) is 5.75 Å². The van der Waals surface area contributed by atoms with Crippen LogP contribution in [-0.2, 0) is 16.2 Å². The van der Waals surface area contributed by atoms with Gasteiger partial charge in [-0.3, -0.25) is 0 Å². The number of ether oxygens (including phenoxy) is 1. The van der Waals surface area contributed by atoms with Gasteiger partial charge in [-0.1, -0.05) is 0 Å². The minimum absolute atomic E-state index is 0.0222. The van der Waals surface area contributed by atoms with Crippen molar-refractivity contribution in [1.29, 1.82) is 0 Å². The van der Waals surface area contributed by atoms with E-state index in [1.54, 1.807) is 0 Å². The molecule has 1 rings (SSSR count). The van der Waals surface area contributed by atoms with Crippen molar-refractivity contribution < 1.29 is 22.1 Å². The summed E-state index contributed by atoms with van der Waals surface area (Å²) in [7, 11) is 4.50. The second kappa shape index (κ2) is 4.93. The second-order valence-corrected chi connectivity index (χ2v) is 5.29. The van der Waals surface area contributed by atoms with E-state index in [0.717, 1.165) is 19.2 Å². The van der Waals surface area contributed by atoms with Crippen molar-refractivity contribution in [3.05, 3.63) is 22.2 Å². The molecule has 0 fully saturated rings. The molecule has 1 aromatic rings. The molecule has 8 heteroatoms. The van der Waals surface area contributed by atoms with Crippen molar-refractivity contribution in [2.75, 3.05) is 7.11 Å². The predicted molar refractivity (Wildman–Crippen MR) is 58.0 cm³/mol. The van der Waals surface area contributed by atoms with Gasteiger partial charge in [-0.05, 0) is 38.7 Å². The Labute approximate surface area is 105 Å². The maximum atomic E-state index is 12.5. The van der Waals surface area contributed by atoms with E-state index >= 15 is 0 Å². The van der Waals surface area contributed by atoms with Crippen LogP contribution in [0.25, 0.3) is 0 Å². The zero-order chi connectivity index (χ0) is 12.5. The fourth-order valence-electron chi connectivity index (χ4n) is 1.05. The number of methoxy groups -OCH3 is 1. The largest absolute Gasteiger partial charge is 0.496 e. The average molecular weight is 338 g/mol. The molecular formula is C8H5BrClF3O2S. The van der Waals surface area contributed by atoms with Gasteiger partial charge < -0.3 is 4.74 Å². The lowest BCUT2D eigenvalue weighted by atomic mass is 10.2. The summed E-state index contributed by atoms with van der Waals surface area (Å²) in [6.07, 6.45) is -4.54. The predicted octanol–water partition coefficient (Wildman–Crippen LogP) is 3.74. The summed E-state index contributed by atoms with van der Waals surface area (Å²) in [5, 5.41) is 0. The first-order chi connectivity index (χ1) is 7.27. The zero-order valence-corrected chi connectivity index (χ0v) is 10.9. The quantitative estimate of drug-likeness (QED) is 0.769. The van der Waals surface area contributed by atoms with Gasteiger partial charge in [0.25, 0.3) is 0 Å². The third kappa shape index (κ3) is 2.89. The highest BCUT2D eigenvalue weighted by Crippen LogP contribution is 2.40. The first-order valence-corrected chi connectivity index (χ1v) is 6.57. The Morgan fingerprint density at radius 3 is 2.38 bits per heavy atom. The van der Waals surface area contributed by atoms with Crippen LogP contribution in [0.15, 0.2) is 21.5 Å². The van der Waals surface area contributed by atoms with Crippen LogP contribution in [0.3, 0.4) is 0 Å². The van der Waals surface area contributed by atoms with E-state index < -0.39 is 27.5 Å². The zero-order valence-electron chi connectivity index (χ0n) is 7.77. The van der Waals surface area contributed by atoms with E-state index in [1.165, 1.54) is 0 Å². The third-order valence-corrected chi connectivity index (χ3v) is 3.83. The number of hydrogen-bond donors (Lipinski definition) is 0. The van der Waals surface area contributed by atoms with Crippen LogP contribution in [0.5, 0.6) is 5.75 Å². The maximum Gasteiger partial charge on any atom is 0.420 e. The molecule has 16 heavy (non-hydrogen) atoms. The molecule has 1 aromatic carbocycles. The van der Waals surface area contributed by atoms with Crippen LogP contribution in [0.4, 0.5) is 13.2 Å². The molecular weight excluding hydrogens is 333 g/mol. The lowest BCUT2D eigenvalue weighted by molar-refractivity contribution is -0.138. The third-order valence-electron chi connectivity index (χ3n) is 1.73. The number of halogens is 5. The minimum Gasteiger partial charge on any atom is -0.496 e. The highest BCUT2D eigenvalue weighted by atomic mass is 79.9. The van der Waals surface area contributed by atoms with Crippen LogP contribution in [0.2, 0.25) is 0 Å². The van der Waals surface area contributed by atoms with Gasteiger partial charge in [0.1, 0.15) is 15.8 Å². The standard InChI is InChI=1S/C8H5BrClF3O2S/c1-15-6-3-7(16(10)14)5(9)2-4(6)8(11,12)13/h2-3H,1H3. The van der Waals surface area contributed by atoms with Crippen LogP contribution in [0.1, 0.15) is 5.56 Å². The molecule has 0 radical (unpaired) electrons. The molecule has 0 aliphatic carbocycles. The van der Waals surface area contributed by atoms with E-state index in [9.17, 15) is 17.4 Å². The van der Waals surface area contributed by atoms with E-state index in [4.69, 9.17) is 10.7 Å². The maximum absolute atomic E-state index is 12.5. The van der Waals surface area contributed by atoms with E-state index in [1.807, 2.05) is 0 Å². The van der Waals surface area contributed by atoms with Gasteiger partial charge in [0, 0.05) is 4.47 Å². The van der Waals surface area contributed by atoms with Gasteiger partial charge >= 0.3 is 6.18 Å². The van der Waals surface area contributed by atoms with E-state index in [0.29, 0.717) is 0 Å². The SMILES string of the molecule is COc1cc(S(=O)Cl)c(Br)cc1C(F)(F)F. The molecule has 2 nitrogen and oxygen atoms in total. The summed E-state index contributed by atoms with van der Waals surface area (Å²) in [6, 6.07) is 1.78. The van der Waals surface area contributed by atoms with Crippen LogP contribution in [0, 0.1) is 0 Å². The molecule has 0 N–H and O–H groups in total. The first-order valence-electron chi connectivity index (χ1n) is 3.80. The monoisotopic (exact) mass is 336 g/mol. The Bertz CT molecular complexity index is 436. The Morgan fingerprint density at radius 2 is 2.00 bits per heavy atom. The average Bonchev–Trinajstić information content (AvgIpc) is 2.15. The molecule has 0 saturated carbocycles. The molecule has 0 heterocycles. The Kier molecular flexibility index (Phi) is 4.25. The summed E-state index contributed by atoms with van der Waals surface area (Å²) >= 11 is 2.87. The van der Waals surface area contributed by atoms with E-state index in [-0.39, 0.29) is 9.37 Å². The summed E-state index contributed by atoms with van der Waals surface area (Å²) in [4.78, 5) is 0.0338.